The van der Waals surface area contributed by atoms with E-state index in [1.807, 2.05) is 23.0 Å². The summed E-state index contributed by atoms with van der Waals surface area (Å²) in [6.07, 6.45) is 11.1. The fourth-order valence-electron chi connectivity index (χ4n) is 4.37. The number of fused-ring (bicyclic) bond motifs is 1. The Morgan fingerprint density at radius 2 is 1.96 bits per heavy atom. The van der Waals surface area contributed by atoms with Crippen LogP contribution in [0.25, 0.3) is 16.6 Å². The predicted molar refractivity (Wildman–Crippen MR) is 105 cm³/mol. The van der Waals surface area contributed by atoms with Gasteiger partial charge in [-0.05, 0) is 75.5 Å². The fourth-order valence-corrected chi connectivity index (χ4v) is 4.37. The summed E-state index contributed by atoms with van der Waals surface area (Å²) in [5.74, 6) is 0.0881. The minimum Gasteiger partial charge on any atom is -0.314 e. The predicted octanol–water partition coefficient (Wildman–Crippen LogP) is 4.56. The molecule has 2 heterocycles. The van der Waals surface area contributed by atoms with Crippen molar-refractivity contribution in [2.24, 2.45) is 0 Å². The third kappa shape index (κ3) is 3.28. The van der Waals surface area contributed by atoms with Crippen molar-refractivity contribution in [1.29, 1.82) is 0 Å². The van der Waals surface area contributed by atoms with Crippen molar-refractivity contribution in [3.05, 3.63) is 59.8 Å². The summed E-state index contributed by atoms with van der Waals surface area (Å²) >= 11 is 0. The molecule has 0 unspecified atom stereocenters. The zero-order valence-electron chi connectivity index (χ0n) is 15.7. The Morgan fingerprint density at radius 3 is 2.67 bits per heavy atom. The Kier molecular flexibility index (Phi) is 4.79. The molecule has 4 rings (SSSR count). The number of hydrogen-bond donors (Lipinski definition) is 0. The van der Waals surface area contributed by atoms with Gasteiger partial charge in [-0.25, -0.2) is 4.39 Å². The maximum Gasteiger partial charge on any atom is 0.152 e. The average molecular weight is 365 g/mol. The molecule has 4 nitrogen and oxygen atoms in total. The lowest BCUT2D eigenvalue weighted by atomic mass is 9.81. The summed E-state index contributed by atoms with van der Waals surface area (Å²) in [6, 6.07) is 7.04. The second kappa shape index (κ2) is 7.24. The van der Waals surface area contributed by atoms with Gasteiger partial charge in [0.2, 0.25) is 0 Å². The topological polar surface area (TPSA) is 38.1 Å². The van der Waals surface area contributed by atoms with E-state index in [-0.39, 0.29) is 0 Å². The van der Waals surface area contributed by atoms with E-state index in [0.29, 0.717) is 29.5 Å². The molecule has 0 radical (unpaired) electrons. The van der Waals surface area contributed by atoms with E-state index in [1.165, 1.54) is 35.9 Å². The van der Waals surface area contributed by atoms with Crippen molar-refractivity contribution in [3.63, 3.8) is 0 Å². The quantitative estimate of drug-likeness (QED) is 0.636. The number of rotatable bonds is 4. The number of halogens is 1. The van der Waals surface area contributed by atoms with Gasteiger partial charge in [-0.1, -0.05) is 0 Å². The molecular weight excluding hydrogens is 341 g/mol. The third-order valence-corrected chi connectivity index (χ3v) is 5.88. The van der Waals surface area contributed by atoms with E-state index in [1.54, 1.807) is 6.07 Å². The van der Waals surface area contributed by atoms with Crippen molar-refractivity contribution >= 4 is 17.2 Å². The number of aldehydes is 1. The number of aromatic nitrogens is 2. The molecule has 1 fully saturated rings. The summed E-state index contributed by atoms with van der Waals surface area (Å²) in [7, 11) is 4.30. The zero-order chi connectivity index (χ0) is 19.0. The molecule has 0 amide bonds. The summed E-state index contributed by atoms with van der Waals surface area (Å²) < 4.78 is 15.6. The Hall–Kier alpha value is -2.53. The zero-order valence-corrected chi connectivity index (χ0v) is 15.7. The SMILES string of the molecule is CN(C)C1CCC(c2cn(-c3ccc(F)cc3C=O)c3cnccc23)CC1. The second-order valence-electron chi connectivity index (χ2n) is 7.64. The second-order valence-corrected chi connectivity index (χ2v) is 7.64. The van der Waals surface area contributed by atoms with Gasteiger partial charge < -0.3 is 9.47 Å². The van der Waals surface area contributed by atoms with Crippen LogP contribution in [0.1, 0.15) is 47.5 Å². The number of benzene rings is 1. The van der Waals surface area contributed by atoms with Crippen molar-refractivity contribution in [2.75, 3.05) is 14.1 Å². The Bertz CT molecular complexity index is 971. The van der Waals surface area contributed by atoms with Crippen LogP contribution in [0, 0.1) is 5.82 Å². The Morgan fingerprint density at radius 1 is 1.19 bits per heavy atom. The maximum absolute atomic E-state index is 13.6. The van der Waals surface area contributed by atoms with Crippen LogP contribution >= 0.6 is 0 Å². The van der Waals surface area contributed by atoms with Gasteiger partial charge in [0.25, 0.3) is 0 Å². The van der Waals surface area contributed by atoms with Crippen LogP contribution < -0.4 is 0 Å². The molecular formula is C22H24FN3O. The standard InChI is InChI=1S/C22H24FN3O/c1-25(2)18-6-3-15(4-7-18)20-13-26(22-12-24-10-9-19(20)22)21-8-5-17(23)11-16(21)14-27/h5,8-15,18H,3-4,6-7H2,1-2H3. The van der Waals surface area contributed by atoms with Crippen LogP contribution in [-0.4, -0.2) is 40.9 Å². The summed E-state index contributed by atoms with van der Waals surface area (Å²) in [6.45, 7) is 0. The van der Waals surface area contributed by atoms with Gasteiger partial charge in [0.1, 0.15) is 5.82 Å². The number of pyridine rings is 1. The van der Waals surface area contributed by atoms with Crippen molar-refractivity contribution in [3.8, 4) is 5.69 Å². The van der Waals surface area contributed by atoms with Crippen LogP contribution in [0.15, 0.2) is 42.9 Å². The molecule has 0 saturated heterocycles. The highest BCUT2D eigenvalue weighted by molar-refractivity contribution is 5.88. The fraction of sp³-hybridized carbons (Fsp3) is 0.364. The highest BCUT2D eigenvalue weighted by Crippen LogP contribution is 2.39. The lowest BCUT2D eigenvalue weighted by molar-refractivity contribution is 0.112. The van der Waals surface area contributed by atoms with Crippen LogP contribution in [-0.2, 0) is 0 Å². The molecule has 0 atom stereocenters. The van der Waals surface area contributed by atoms with E-state index in [4.69, 9.17) is 0 Å². The first-order valence-corrected chi connectivity index (χ1v) is 9.45. The molecule has 1 aromatic carbocycles. The monoisotopic (exact) mass is 365 g/mol. The first-order valence-electron chi connectivity index (χ1n) is 9.45. The van der Waals surface area contributed by atoms with Gasteiger partial charge >= 0.3 is 0 Å². The Balaban J connectivity index is 1.78. The van der Waals surface area contributed by atoms with E-state index in [2.05, 4.69) is 30.2 Å². The first kappa shape index (κ1) is 17.9. The maximum atomic E-state index is 13.6. The van der Waals surface area contributed by atoms with Gasteiger partial charge in [0.05, 0.1) is 17.4 Å². The molecule has 0 bridgehead atoms. The molecule has 0 N–H and O–H groups in total. The van der Waals surface area contributed by atoms with E-state index in [0.717, 1.165) is 18.4 Å². The molecule has 1 saturated carbocycles. The van der Waals surface area contributed by atoms with Crippen molar-refractivity contribution in [1.82, 2.24) is 14.5 Å². The molecule has 3 aromatic rings. The first-order chi connectivity index (χ1) is 13.1. The lowest BCUT2D eigenvalue weighted by Crippen LogP contribution is -2.31. The highest BCUT2D eigenvalue weighted by atomic mass is 19.1. The molecule has 1 aliphatic rings. The smallest absolute Gasteiger partial charge is 0.152 e. The van der Waals surface area contributed by atoms with Gasteiger partial charge in [-0.3, -0.25) is 9.78 Å². The van der Waals surface area contributed by atoms with Crippen LogP contribution in [0.5, 0.6) is 0 Å². The van der Waals surface area contributed by atoms with Gasteiger partial charge in [-0.2, -0.15) is 0 Å². The van der Waals surface area contributed by atoms with Crippen molar-refractivity contribution < 1.29 is 9.18 Å². The minimum atomic E-state index is -0.405. The third-order valence-electron chi connectivity index (χ3n) is 5.88. The molecule has 27 heavy (non-hydrogen) atoms. The normalized spacial score (nSPS) is 20.3. The van der Waals surface area contributed by atoms with Gasteiger partial charge in [-0.15, -0.1) is 0 Å². The van der Waals surface area contributed by atoms with Crippen LogP contribution in [0.3, 0.4) is 0 Å². The molecule has 0 aliphatic heterocycles. The lowest BCUT2D eigenvalue weighted by Gasteiger charge is -2.32. The Labute approximate surface area is 158 Å². The number of hydrogen-bond acceptors (Lipinski definition) is 3. The van der Waals surface area contributed by atoms with E-state index in [9.17, 15) is 9.18 Å². The van der Waals surface area contributed by atoms with Crippen molar-refractivity contribution in [2.45, 2.75) is 37.6 Å². The summed E-state index contributed by atoms with van der Waals surface area (Å²) in [5.41, 5.74) is 3.29. The number of carbonyl (C=O) groups excluding carboxylic acids is 1. The molecule has 1 aliphatic carbocycles. The van der Waals surface area contributed by atoms with Crippen LogP contribution in [0.2, 0.25) is 0 Å². The molecule has 0 spiro atoms. The van der Waals surface area contributed by atoms with Gasteiger partial charge in [0.15, 0.2) is 6.29 Å². The molecule has 5 heteroatoms. The van der Waals surface area contributed by atoms with E-state index >= 15 is 0 Å². The molecule has 140 valence electrons. The van der Waals surface area contributed by atoms with Crippen LogP contribution in [0.4, 0.5) is 4.39 Å². The summed E-state index contributed by atoms with van der Waals surface area (Å²) in [5, 5.41) is 1.17. The average Bonchev–Trinajstić information content (AvgIpc) is 3.07. The summed E-state index contributed by atoms with van der Waals surface area (Å²) in [4.78, 5) is 18.1. The number of carbonyl (C=O) groups is 1. The largest absolute Gasteiger partial charge is 0.314 e. The number of nitrogens with zero attached hydrogens (tertiary/aromatic N) is 3. The van der Waals surface area contributed by atoms with E-state index < -0.39 is 5.82 Å². The molecule has 2 aromatic heterocycles. The minimum absolute atomic E-state index is 0.346. The highest BCUT2D eigenvalue weighted by Gasteiger charge is 2.26. The van der Waals surface area contributed by atoms with Gasteiger partial charge in [0, 0.05) is 29.4 Å².